The normalized spacial score (nSPS) is 12.4. The van der Waals surface area contributed by atoms with E-state index in [2.05, 4.69) is 10.3 Å². The molecule has 4 heteroatoms. The molecule has 2 rings (SSSR count). The van der Waals surface area contributed by atoms with Crippen LogP contribution in [-0.4, -0.2) is 11.5 Å². The van der Waals surface area contributed by atoms with E-state index in [4.69, 9.17) is 5.73 Å². The molecule has 0 amide bonds. The number of nitrogens with one attached hydrogen (secondary N) is 1. The van der Waals surface area contributed by atoms with E-state index in [9.17, 15) is 4.39 Å². The molecule has 0 spiro atoms. The van der Waals surface area contributed by atoms with E-state index in [1.807, 2.05) is 26.0 Å². The van der Waals surface area contributed by atoms with Crippen LogP contribution in [0.4, 0.5) is 10.2 Å². The Hall–Kier alpha value is -1.94. The molecule has 1 aromatic heterocycles. The van der Waals surface area contributed by atoms with Crippen LogP contribution < -0.4 is 11.1 Å². The molecule has 0 saturated carbocycles. The minimum atomic E-state index is -0.226. The molecule has 0 aliphatic rings. The second-order valence-electron chi connectivity index (χ2n) is 4.47. The number of nitrogens with two attached hydrogens (primary N) is 1. The number of hydrogen-bond acceptors (Lipinski definition) is 3. The summed E-state index contributed by atoms with van der Waals surface area (Å²) >= 11 is 0. The van der Waals surface area contributed by atoms with Gasteiger partial charge in [0.1, 0.15) is 11.6 Å². The predicted molar refractivity (Wildman–Crippen MR) is 75.3 cm³/mol. The first-order valence-corrected chi connectivity index (χ1v) is 6.33. The molecule has 1 aromatic carbocycles. The molecule has 0 radical (unpaired) electrons. The lowest BCUT2D eigenvalue weighted by molar-refractivity contribution is 0.610. The van der Waals surface area contributed by atoms with Crippen LogP contribution in [0.5, 0.6) is 0 Å². The number of aryl methyl sites for hydroxylation is 1. The minimum Gasteiger partial charge on any atom is -0.383 e. The molecule has 1 atom stereocenters. The summed E-state index contributed by atoms with van der Waals surface area (Å²) < 4.78 is 13.2. The largest absolute Gasteiger partial charge is 0.383 e. The van der Waals surface area contributed by atoms with Crippen molar-refractivity contribution in [3.8, 4) is 0 Å². The molecular weight excluding hydrogens is 241 g/mol. The van der Waals surface area contributed by atoms with Gasteiger partial charge in [-0.1, -0.05) is 19.1 Å². The summed E-state index contributed by atoms with van der Waals surface area (Å²) in [6.07, 6.45) is 1.67. The van der Waals surface area contributed by atoms with Crippen LogP contribution in [0.3, 0.4) is 0 Å². The van der Waals surface area contributed by atoms with Crippen LogP contribution in [0, 0.1) is 12.7 Å². The maximum absolute atomic E-state index is 13.2. The summed E-state index contributed by atoms with van der Waals surface area (Å²) in [5, 5.41) is 3.37. The Morgan fingerprint density at radius 2 is 2.11 bits per heavy atom. The topological polar surface area (TPSA) is 50.9 Å². The van der Waals surface area contributed by atoms with Crippen LogP contribution in [0.25, 0.3) is 0 Å². The van der Waals surface area contributed by atoms with Crippen molar-refractivity contribution >= 4 is 5.82 Å². The average molecular weight is 259 g/mol. The SMILES string of the molecule is CCNC(c1ccc(F)cc1C)c1cccnc1N. The molecule has 1 heterocycles. The van der Waals surface area contributed by atoms with E-state index >= 15 is 0 Å². The molecule has 0 saturated heterocycles. The summed E-state index contributed by atoms with van der Waals surface area (Å²) in [7, 11) is 0. The quantitative estimate of drug-likeness (QED) is 0.887. The monoisotopic (exact) mass is 259 g/mol. The number of rotatable bonds is 4. The van der Waals surface area contributed by atoms with Crippen LogP contribution in [-0.2, 0) is 0 Å². The zero-order chi connectivity index (χ0) is 13.8. The van der Waals surface area contributed by atoms with Gasteiger partial charge in [-0.15, -0.1) is 0 Å². The third kappa shape index (κ3) is 2.90. The van der Waals surface area contributed by atoms with Gasteiger partial charge in [0.25, 0.3) is 0 Å². The Balaban J connectivity index is 2.48. The van der Waals surface area contributed by atoms with Gasteiger partial charge in [-0.2, -0.15) is 0 Å². The van der Waals surface area contributed by atoms with E-state index in [1.54, 1.807) is 12.3 Å². The highest BCUT2D eigenvalue weighted by molar-refractivity contribution is 5.47. The van der Waals surface area contributed by atoms with Gasteiger partial charge in [-0.05, 0) is 42.8 Å². The molecule has 0 aliphatic heterocycles. The van der Waals surface area contributed by atoms with Crippen molar-refractivity contribution in [1.82, 2.24) is 10.3 Å². The number of nitrogens with zero attached hydrogens (tertiary/aromatic N) is 1. The van der Waals surface area contributed by atoms with Crippen LogP contribution >= 0.6 is 0 Å². The molecular formula is C15H18FN3. The average Bonchev–Trinajstić information content (AvgIpc) is 2.38. The van der Waals surface area contributed by atoms with Gasteiger partial charge in [0.15, 0.2) is 0 Å². The second-order valence-corrected chi connectivity index (χ2v) is 4.47. The van der Waals surface area contributed by atoms with E-state index in [-0.39, 0.29) is 11.9 Å². The van der Waals surface area contributed by atoms with E-state index < -0.39 is 0 Å². The summed E-state index contributed by atoms with van der Waals surface area (Å²) in [5.41, 5.74) is 8.77. The van der Waals surface area contributed by atoms with Crippen molar-refractivity contribution in [2.45, 2.75) is 19.9 Å². The van der Waals surface area contributed by atoms with Crippen LogP contribution in [0.2, 0.25) is 0 Å². The predicted octanol–water partition coefficient (Wildman–Crippen LogP) is 2.81. The Morgan fingerprint density at radius 3 is 2.74 bits per heavy atom. The lowest BCUT2D eigenvalue weighted by Crippen LogP contribution is -2.24. The van der Waals surface area contributed by atoms with Gasteiger partial charge < -0.3 is 11.1 Å². The van der Waals surface area contributed by atoms with E-state index in [0.717, 1.165) is 23.2 Å². The Labute approximate surface area is 112 Å². The summed E-state index contributed by atoms with van der Waals surface area (Å²) in [6, 6.07) is 8.53. The van der Waals surface area contributed by atoms with Crippen molar-refractivity contribution in [3.05, 3.63) is 59.0 Å². The number of pyridine rings is 1. The molecule has 0 fully saturated rings. The highest BCUT2D eigenvalue weighted by atomic mass is 19.1. The van der Waals surface area contributed by atoms with Gasteiger partial charge in [0, 0.05) is 11.8 Å². The summed E-state index contributed by atoms with van der Waals surface area (Å²) in [6.45, 7) is 4.71. The molecule has 3 nitrogen and oxygen atoms in total. The third-order valence-electron chi connectivity index (χ3n) is 3.13. The first kappa shape index (κ1) is 13.5. The van der Waals surface area contributed by atoms with Gasteiger partial charge in [0.05, 0.1) is 6.04 Å². The standard InChI is InChI=1S/C15H18FN3/c1-3-18-14(13-5-4-8-19-15(13)17)12-7-6-11(16)9-10(12)2/h4-9,14,18H,3H2,1-2H3,(H2,17,19). The lowest BCUT2D eigenvalue weighted by Gasteiger charge is -2.21. The first-order chi connectivity index (χ1) is 9.13. The Morgan fingerprint density at radius 1 is 1.32 bits per heavy atom. The highest BCUT2D eigenvalue weighted by Crippen LogP contribution is 2.28. The molecule has 19 heavy (non-hydrogen) atoms. The fourth-order valence-electron chi connectivity index (χ4n) is 2.23. The molecule has 0 bridgehead atoms. The molecule has 2 aromatic rings. The number of halogens is 1. The van der Waals surface area contributed by atoms with Gasteiger partial charge in [-0.25, -0.2) is 9.37 Å². The van der Waals surface area contributed by atoms with Crippen molar-refractivity contribution in [3.63, 3.8) is 0 Å². The smallest absolute Gasteiger partial charge is 0.128 e. The van der Waals surface area contributed by atoms with E-state index in [0.29, 0.717) is 5.82 Å². The zero-order valence-electron chi connectivity index (χ0n) is 11.2. The summed E-state index contributed by atoms with van der Waals surface area (Å²) in [4.78, 5) is 4.12. The number of nitrogen functional groups attached to an aromatic ring is 1. The number of aromatic nitrogens is 1. The van der Waals surface area contributed by atoms with Gasteiger partial charge >= 0.3 is 0 Å². The van der Waals surface area contributed by atoms with Crippen molar-refractivity contribution < 1.29 is 4.39 Å². The van der Waals surface area contributed by atoms with Crippen molar-refractivity contribution in [2.24, 2.45) is 0 Å². The fraction of sp³-hybridized carbons (Fsp3) is 0.267. The molecule has 3 N–H and O–H groups in total. The molecule has 100 valence electrons. The highest BCUT2D eigenvalue weighted by Gasteiger charge is 2.18. The second kappa shape index (κ2) is 5.80. The number of benzene rings is 1. The first-order valence-electron chi connectivity index (χ1n) is 6.33. The number of hydrogen-bond donors (Lipinski definition) is 2. The molecule has 1 unspecified atom stereocenters. The Kier molecular flexibility index (Phi) is 4.12. The van der Waals surface area contributed by atoms with Crippen molar-refractivity contribution in [1.29, 1.82) is 0 Å². The van der Waals surface area contributed by atoms with E-state index in [1.165, 1.54) is 12.1 Å². The van der Waals surface area contributed by atoms with Gasteiger partial charge in [0.2, 0.25) is 0 Å². The Bertz CT molecular complexity index is 569. The van der Waals surface area contributed by atoms with Crippen molar-refractivity contribution in [2.75, 3.05) is 12.3 Å². The maximum Gasteiger partial charge on any atom is 0.128 e. The fourth-order valence-corrected chi connectivity index (χ4v) is 2.23. The minimum absolute atomic E-state index is 0.0701. The molecule has 0 aliphatic carbocycles. The van der Waals surface area contributed by atoms with Crippen LogP contribution in [0.1, 0.15) is 29.7 Å². The maximum atomic E-state index is 13.2. The number of anilines is 1. The van der Waals surface area contributed by atoms with Gasteiger partial charge in [-0.3, -0.25) is 0 Å². The van der Waals surface area contributed by atoms with Crippen LogP contribution in [0.15, 0.2) is 36.5 Å². The summed E-state index contributed by atoms with van der Waals surface area (Å²) in [5.74, 6) is 0.271. The lowest BCUT2D eigenvalue weighted by atomic mass is 9.95. The zero-order valence-corrected chi connectivity index (χ0v) is 11.2. The third-order valence-corrected chi connectivity index (χ3v) is 3.13.